The first-order chi connectivity index (χ1) is 4.45. The van der Waals surface area contributed by atoms with Crippen molar-refractivity contribution < 1.29 is 24.7 Å². The topological polar surface area (TPSA) is 65.0 Å². The summed E-state index contributed by atoms with van der Waals surface area (Å²) in [6.07, 6.45) is -1.28. The number of rotatable bonds is 1. The van der Waals surface area contributed by atoms with E-state index in [2.05, 4.69) is 14.7 Å². The Balaban J connectivity index is 3.46. The smallest absolute Gasteiger partial charge is 0.260 e. The van der Waals surface area contributed by atoms with Gasteiger partial charge in [0.15, 0.2) is 0 Å². The second-order valence-electron chi connectivity index (χ2n) is 2.62. The van der Waals surface area contributed by atoms with Gasteiger partial charge in [-0.2, -0.15) is 14.9 Å². The van der Waals surface area contributed by atoms with Crippen molar-refractivity contribution in [2.45, 2.75) is 26.4 Å². The van der Waals surface area contributed by atoms with Gasteiger partial charge < -0.3 is 0 Å². The van der Waals surface area contributed by atoms with E-state index in [4.69, 9.17) is 5.26 Å². The third-order valence-corrected chi connectivity index (χ3v) is 0.434. The van der Waals surface area contributed by atoms with Crippen LogP contribution in [0.2, 0.25) is 0 Å². The van der Waals surface area contributed by atoms with Gasteiger partial charge in [-0.15, -0.1) is 0 Å². The highest BCUT2D eigenvalue weighted by atomic mass is 17.3. The molecule has 0 unspecified atom stereocenters. The minimum Gasteiger partial charge on any atom is -0.260 e. The monoisotopic (exact) mass is 150 g/mol. The van der Waals surface area contributed by atoms with E-state index in [1.165, 1.54) is 0 Å². The molecule has 0 aliphatic heterocycles. The Morgan fingerprint density at radius 3 is 2.20 bits per heavy atom. The van der Waals surface area contributed by atoms with Crippen molar-refractivity contribution in [3.8, 4) is 0 Å². The SMILES string of the molecule is CC(C)(C)OOC(=O)OO. The third-order valence-electron chi connectivity index (χ3n) is 0.434. The molecule has 0 radical (unpaired) electrons. The van der Waals surface area contributed by atoms with Crippen LogP contribution in [0.15, 0.2) is 0 Å². The normalized spacial score (nSPS) is 10.8. The lowest BCUT2D eigenvalue weighted by atomic mass is 10.2. The zero-order valence-electron chi connectivity index (χ0n) is 6.08. The molecule has 5 heteroatoms. The zero-order valence-corrected chi connectivity index (χ0v) is 6.08. The lowest BCUT2D eigenvalue weighted by Crippen LogP contribution is -2.21. The number of hydrogen-bond acceptors (Lipinski definition) is 5. The van der Waals surface area contributed by atoms with Gasteiger partial charge in [0.25, 0.3) is 0 Å². The summed E-state index contributed by atoms with van der Waals surface area (Å²) in [4.78, 5) is 21.6. The largest absolute Gasteiger partial charge is 0.572 e. The fourth-order valence-corrected chi connectivity index (χ4v) is 0.174. The van der Waals surface area contributed by atoms with Gasteiger partial charge >= 0.3 is 6.16 Å². The fraction of sp³-hybridized carbons (Fsp3) is 0.800. The second kappa shape index (κ2) is 3.38. The van der Waals surface area contributed by atoms with Gasteiger partial charge in [0.2, 0.25) is 0 Å². The molecule has 0 aromatic rings. The van der Waals surface area contributed by atoms with Crippen LogP contribution in [0.4, 0.5) is 4.79 Å². The predicted octanol–water partition coefficient (Wildman–Crippen LogP) is 1.34. The van der Waals surface area contributed by atoms with Crippen molar-refractivity contribution in [1.29, 1.82) is 0 Å². The molecule has 10 heavy (non-hydrogen) atoms. The minimum absolute atomic E-state index is 0.603. The zero-order chi connectivity index (χ0) is 8.20. The summed E-state index contributed by atoms with van der Waals surface area (Å²) in [6.45, 7) is 5.03. The third kappa shape index (κ3) is 5.33. The van der Waals surface area contributed by atoms with Crippen molar-refractivity contribution in [2.75, 3.05) is 0 Å². The van der Waals surface area contributed by atoms with Gasteiger partial charge in [0.05, 0.1) is 0 Å². The van der Waals surface area contributed by atoms with Gasteiger partial charge in [0.1, 0.15) is 5.60 Å². The molecule has 0 amide bonds. The summed E-state index contributed by atoms with van der Waals surface area (Å²) in [5, 5.41) is 7.68. The molecule has 0 aromatic heterocycles. The van der Waals surface area contributed by atoms with Crippen molar-refractivity contribution in [2.24, 2.45) is 0 Å². The molecule has 60 valence electrons. The number of carbonyl (C=O) groups excluding carboxylic acids is 1. The first kappa shape index (κ1) is 9.19. The Morgan fingerprint density at radius 2 is 1.90 bits per heavy atom. The van der Waals surface area contributed by atoms with Gasteiger partial charge in [0, 0.05) is 0 Å². The van der Waals surface area contributed by atoms with Crippen LogP contribution >= 0.6 is 0 Å². The van der Waals surface area contributed by atoms with E-state index in [1.54, 1.807) is 20.8 Å². The molecule has 1 N–H and O–H groups in total. The van der Waals surface area contributed by atoms with Crippen LogP contribution < -0.4 is 0 Å². The molecular weight excluding hydrogens is 140 g/mol. The lowest BCUT2D eigenvalue weighted by Gasteiger charge is -2.14. The van der Waals surface area contributed by atoms with Crippen molar-refractivity contribution in [3.63, 3.8) is 0 Å². The average molecular weight is 150 g/mol. The number of hydrogen-bond donors (Lipinski definition) is 1. The summed E-state index contributed by atoms with van der Waals surface area (Å²) < 4.78 is 0. The molecule has 0 aliphatic rings. The molecule has 0 heterocycles. The maximum Gasteiger partial charge on any atom is 0.572 e. The highest BCUT2D eigenvalue weighted by Crippen LogP contribution is 2.06. The van der Waals surface area contributed by atoms with E-state index in [0.29, 0.717) is 0 Å². The summed E-state index contributed by atoms with van der Waals surface area (Å²) >= 11 is 0. The Morgan fingerprint density at radius 1 is 1.40 bits per heavy atom. The average Bonchev–Trinajstić information content (AvgIpc) is 1.81. The van der Waals surface area contributed by atoms with Crippen LogP contribution in [0.1, 0.15) is 20.8 Å². The van der Waals surface area contributed by atoms with E-state index >= 15 is 0 Å². The second-order valence-corrected chi connectivity index (χ2v) is 2.62. The highest BCUT2D eigenvalue weighted by molar-refractivity contribution is 5.57. The van der Waals surface area contributed by atoms with E-state index in [1.807, 2.05) is 0 Å². The van der Waals surface area contributed by atoms with Crippen molar-refractivity contribution >= 4 is 6.16 Å². The molecule has 0 fully saturated rings. The maximum absolute atomic E-state index is 10.0. The van der Waals surface area contributed by atoms with Crippen LogP contribution in [0, 0.1) is 0 Å². The first-order valence-corrected chi connectivity index (χ1v) is 2.67. The molecule has 0 spiro atoms. The van der Waals surface area contributed by atoms with E-state index in [-0.39, 0.29) is 0 Å². The molecule has 0 bridgehead atoms. The minimum atomic E-state index is -1.28. The van der Waals surface area contributed by atoms with Crippen LogP contribution in [-0.2, 0) is 14.7 Å². The molecule has 0 saturated carbocycles. The van der Waals surface area contributed by atoms with Crippen molar-refractivity contribution in [1.82, 2.24) is 0 Å². The Hall–Kier alpha value is -0.810. The first-order valence-electron chi connectivity index (χ1n) is 2.67. The molecule has 0 aromatic carbocycles. The Kier molecular flexibility index (Phi) is 3.11. The summed E-state index contributed by atoms with van der Waals surface area (Å²) in [5.74, 6) is 0. The quantitative estimate of drug-likeness (QED) is 0.451. The van der Waals surface area contributed by atoms with Gasteiger partial charge in [-0.3, -0.25) is 9.78 Å². The highest BCUT2D eigenvalue weighted by Gasteiger charge is 2.15. The predicted molar refractivity (Wildman–Crippen MR) is 31.0 cm³/mol. The summed E-state index contributed by atoms with van der Waals surface area (Å²) in [7, 11) is 0. The maximum atomic E-state index is 10.0. The van der Waals surface area contributed by atoms with E-state index < -0.39 is 11.8 Å². The van der Waals surface area contributed by atoms with Crippen molar-refractivity contribution in [3.05, 3.63) is 0 Å². The van der Waals surface area contributed by atoms with Crippen LogP contribution in [0.25, 0.3) is 0 Å². The molecule has 0 rings (SSSR count). The van der Waals surface area contributed by atoms with Gasteiger partial charge in [-0.05, 0) is 20.8 Å². The summed E-state index contributed by atoms with van der Waals surface area (Å²) in [6, 6.07) is 0. The van der Waals surface area contributed by atoms with Crippen LogP contribution in [-0.4, -0.2) is 17.0 Å². The fourth-order valence-electron chi connectivity index (χ4n) is 0.174. The molecule has 0 aliphatic carbocycles. The standard InChI is InChI=1S/C5H10O5/c1-5(2,3)10-9-4(6)8-7/h7H,1-3H3. The molecular formula is C5H10O5. The van der Waals surface area contributed by atoms with E-state index in [9.17, 15) is 4.79 Å². The lowest BCUT2D eigenvalue weighted by molar-refractivity contribution is -0.338. The number of carbonyl (C=O) groups is 1. The summed E-state index contributed by atoms with van der Waals surface area (Å²) in [5.41, 5.74) is -0.603. The molecule has 0 saturated heterocycles. The molecule has 0 atom stereocenters. The van der Waals surface area contributed by atoms with Crippen LogP contribution in [0.3, 0.4) is 0 Å². The Bertz CT molecular complexity index is 114. The van der Waals surface area contributed by atoms with Gasteiger partial charge in [-0.1, -0.05) is 0 Å². The van der Waals surface area contributed by atoms with Gasteiger partial charge in [-0.25, -0.2) is 0 Å². The molecule has 5 nitrogen and oxygen atoms in total. The Labute approximate surface area is 58.4 Å². The van der Waals surface area contributed by atoms with E-state index in [0.717, 1.165) is 0 Å². The van der Waals surface area contributed by atoms with Crippen LogP contribution in [0.5, 0.6) is 0 Å².